The zero-order valence-electron chi connectivity index (χ0n) is 12.8. The lowest BCUT2D eigenvalue weighted by atomic mass is 10.1. The number of carbonyl (C=O) groups excluding carboxylic acids is 2. The van der Waals surface area contributed by atoms with Gasteiger partial charge in [-0.25, -0.2) is 17.5 Å². The fraction of sp³-hybridized carbons (Fsp3) is 0.846. The smallest absolute Gasteiger partial charge is 0.315 e. The maximum Gasteiger partial charge on any atom is 0.315 e. The number of hydrogen-bond acceptors (Lipinski definition) is 4. The Morgan fingerprint density at radius 1 is 1.18 bits per heavy atom. The van der Waals surface area contributed by atoms with Gasteiger partial charge in [0, 0.05) is 25.7 Å². The number of urea groups is 1. The molecule has 8 nitrogen and oxygen atoms in total. The molecular weight excluding hydrogens is 308 g/mol. The second-order valence-corrected chi connectivity index (χ2v) is 7.88. The van der Waals surface area contributed by atoms with Gasteiger partial charge in [0.2, 0.25) is 15.9 Å². The van der Waals surface area contributed by atoms with Crippen LogP contribution < -0.4 is 16.0 Å². The van der Waals surface area contributed by atoms with Gasteiger partial charge in [0.05, 0.1) is 6.26 Å². The Bertz CT molecular complexity index is 514. The molecule has 1 atom stereocenters. The summed E-state index contributed by atoms with van der Waals surface area (Å²) >= 11 is 0. The van der Waals surface area contributed by atoms with Gasteiger partial charge in [-0.05, 0) is 32.1 Å². The van der Waals surface area contributed by atoms with Crippen LogP contribution in [-0.2, 0) is 14.8 Å². The van der Waals surface area contributed by atoms with E-state index in [1.54, 1.807) is 0 Å². The fourth-order valence-electron chi connectivity index (χ4n) is 2.79. The lowest BCUT2D eigenvalue weighted by Crippen LogP contribution is -2.53. The Kier molecular flexibility index (Phi) is 5.63. The van der Waals surface area contributed by atoms with Gasteiger partial charge in [-0.2, -0.15) is 0 Å². The average molecular weight is 332 g/mol. The first kappa shape index (κ1) is 17.0. The van der Waals surface area contributed by atoms with Crippen LogP contribution in [0.3, 0.4) is 0 Å². The molecule has 2 rings (SSSR count). The average Bonchev–Trinajstić information content (AvgIpc) is 2.64. The van der Waals surface area contributed by atoms with Crippen LogP contribution in [0.15, 0.2) is 0 Å². The lowest BCUT2D eigenvalue weighted by Gasteiger charge is -2.31. The number of rotatable bonds is 3. The summed E-state index contributed by atoms with van der Waals surface area (Å²) in [5.74, 6) is -0.139. The van der Waals surface area contributed by atoms with E-state index in [0.29, 0.717) is 38.9 Å². The third-order valence-electron chi connectivity index (χ3n) is 4.10. The summed E-state index contributed by atoms with van der Waals surface area (Å²) in [4.78, 5) is 23.8. The van der Waals surface area contributed by atoms with Crippen molar-refractivity contribution in [2.75, 3.05) is 25.9 Å². The zero-order valence-corrected chi connectivity index (χ0v) is 13.6. The van der Waals surface area contributed by atoms with Gasteiger partial charge in [-0.1, -0.05) is 0 Å². The van der Waals surface area contributed by atoms with Gasteiger partial charge < -0.3 is 16.0 Å². The number of piperidine rings is 1. The molecule has 2 aliphatic heterocycles. The van der Waals surface area contributed by atoms with Crippen LogP contribution in [0.25, 0.3) is 0 Å². The van der Waals surface area contributed by atoms with Gasteiger partial charge in [0.25, 0.3) is 0 Å². The first-order valence-electron chi connectivity index (χ1n) is 7.66. The maximum atomic E-state index is 12.0. The van der Waals surface area contributed by atoms with Gasteiger partial charge in [-0.3, -0.25) is 4.79 Å². The molecule has 0 aliphatic carbocycles. The van der Waals surface area contributed by atoms with Crippen molar-refractivity contribution in [1.29, 1.82) is 0 Å². The number of sulfonamides is 1. The van der Waals surface area contributed by atoms with Crippen molar-refractivity contribution in [3.05, 3.63) is 0 Å². The molecule has 0 aromatic rings. The third-order valence-corrected chi connectivity index (χ3v) is 5.40. The van der Waals surface area contributed by atoms with E-state index < -0.39 is 16.1 Å². The van der Waals surface area contributed by atoms with E-state index in [1.165, 1.54) is 10.6 Å². The summed E-state index contributed by atoms with van der Waals surface area (Å²) < 4.78 is 24.3. The summed E-state index contributed by atoms with van der Waals surface area (Å²) in [5, 5.41) is 8.30. The summed E-state index contributed by atoms with van der Waals surface area (Å²) in [6.45, 7) is 1.48. The standard InChI is InChI=1S/C13H24N4O4S/c1-22(20,21)17-8-5-10(6-9-17)15-13(19)16-11-4-2-3-7-14-12(11)18/h10-11H,2-9H2,1H3,(H,14,18)(H2,15,16,19)/t11-/m0/s1. The molecule has 0 unspecified atom stereocenters. The summed E-state index contributed by atoms with van der Waals surface area (Å²) in [6.07, 6.45) is 4.82. The van der Waals surface area contributed by atoms with Crippen LogP contribution in [0.2, 0.25) is 0 Å². The van der Waals surface area contributed by atoms with Crippen LogP contribution in [-0.4, -0.2) is 62.6 Å². The van der Waals surface area contributed by atoms with E-state index >= 15 is 0 Å². The Labute approximate surface area is 131 Å². The van der Waals surface area contributed by atoms with Crippen molar-refractivity contribution in [2.24, 2.45) is 0 Å². The highest BCUT2D eigenvalue weighted by Crippen LogP contribution is 2.13. The SMILES string of the molecule is CS(=O)(=O)N1CCC(NC(=O)N[C@H]2CCCCNC2=O)CC1. The predicted molar refractivity (Wildman–Crippen MR) is 81.8 cm³/mol. The number of carbonyl (C=O) groups is 2. The maximum absolute atomic E-state index is 12.0. The van der Waals surface area contributed by atoms with Crippen molar-refractivity contribution < 1.29 is 18.0 Å². The highest BCUT2D eigenvalue weighted by atomic mass is 32.2. The van der Waals surface area contributed by atoms with Crippen LogP contribution in [0.1, 0.15) is 32.1 Å². The molecule has 0 aromatic carbocycles. The summed E-state index contributed by atoms with van der Waals surface area (Å²) in [6, 6.07) is -0.912. The molecule has 126 valence electrons. The van der Waals surface area contributed by atoms with E-state index in [-0.39, 0.29) is 18.0 Å². The second kappa shape index (κ2) is 7.28. The minimum absolute atomic E-state index is 0.0631. The molecule has 3 N–H and O–H groups in total. The van der Waals surface area contributed by atoms with Gasteiger partial charge in [-0.15, -0.1) is 0 Å². The van der Waals surface area contributed by atoms with E-state index in [4.69, 9.17) is 0 Å². The van der Waals surface area contributed by atoms with Crippen molar-refractivity contribution in [1.82, 2.24) is 20.3 Å². The van der Waals surface area contributed by atoms with Gasteiger partial charge in [0.15, 0.2) is 0 Å². The van der Waals surface area contributed by atoms with Gasteiger partial charge >= 0.3 is 6.03 Å². The van der Waals surface area contributed by atoms with E-state index in [9.17, 15) is 18.0 Å². The summed E-state index contributed by atoms with van der Waals surface area (Å²) in [5.41, 5.74) is 0. The molecule has 0 radical (unpaired) electrons. The highest BCUT2D eigenvalue weighted by molar-refractivity contribution is 7.88. The Morgan fingerprint density at radius 3 is 2.50 bits per heavy atom. The molecule has 2 heterocycles. The summed E-state index contributed by atoms with van der Waals surface area (Å²) in [7, 11) is -3.16. The quantitative estimate of drug-likeness (QED) is 0.640. The van der Waals surface area contributed by atoms with Crippen molar-refractivity contribution in [3.63, 3.8) is 0 Å². The van der Waals surface area contributed by atoms with Crippen molar-refractivity contribution in [2.45, 2.75) is 44.2 Å². The first-order valence-corrected chi connectivity index (χ1v) is 9.51. The molecule has 2 saturated heterocycles. The third kappa shape index (κ3) is 4.84. The first-order chi connectivity index (χ1) is 10.4. The van der Waals surface area contributed by atoms with Crippen LogP contribution in [0.4, 0.5) is 4.79 Å². The second-order valence-electron chi connectivity index (χ2n) is 5.89. The van der Waals surface area contributed by atoms with Crippen LogP contribution in [0.5, 0.6) is 0 Å². The number of amides is 3. The molecule has 9 heteroatoms. The largest absolute Gasteiger partial charge is 0.354 e. The van der Waals surface area contributed by atoms with Crippen LogP contribution in [0, 0.1) is 0 Å². The van der Waals surface area contributed by atoms with Crippen molar-refractivity contribution in [3.8, 4) is 0 Å². The van der Waals surface area contributed by atoms with Crippen molar-refractivity contribution >= 4 is 22.0 Å². The minimum atomic E-state index is -3.16. The molecule has 0 bridgehead atoms. The monoisotopic (exact) mass is 332 g/mol. The number of nitrogens with zero attached hydrogens (tertiary/aromatic N) is 1. The molecule has 0 aromatic heterocycles. The molecule has 22 heavy (non-hydrogen) atoms. The van der Waals surface area contributed by atoms with Crippen LogP contribution >= 0.6 is 0 Å². The minimum Gasteiger partial charge on any atom is -0.354 e. The molecular formula is C13H24N4O4S. The Balaban J connectivity index is 1.77. The predicted octanol–water partition coefficient (Wildman–Crippen LogP) is -0.622. The topological polar surface area (TPSA) is 108 Å². The van der Waals surface area contributed by atoms with E-state index in [1.807, 2.05) is 0 Å². The zero-order chi connectivity index (χ0) is 16.2. The molecule has 2 aliphatic rings. The molecule has 3 amide bonds. The molecule has 0 saturated carbocycles. The lowest BCUT2D eigenvalue weighted by molar-refractivity contribution is -0.122. The van der Waals surface area contributed by atoms with E-state index in [2.05, 4.69) is 16.0 Å². The normalized spacial score (nSPS) is 25.1. The fourth-order valence-corrected chi connectivity index (χ4v) is 3.67. The van der Waals surface area contributed by atoms with Gasteiger partial charge in [0.1, 0.15) is 6.04 Å². The highest BCUT2D eigenvalue weighted by Gasteiger charge is 2.27. The van der Waals surface area contributed by atoms with E-state index in [0.717, 1.165) is 12.8 Å². The molecule has 0 spiro atoms. The Hall–Kier alpha value is -1.35. The Morgan fingerprint density at radius 2 is 1.86 bits per heavy atom. The molecule has 2 fully saturated rings. The number of hydrogen-bond donors (Lipinski definition) is 3. The number of nitrogens with one attached hydrogen (secondary N) is 3.